The van der Waals surface area contributed by atoms with E-state index in [0.717, 1.165) is 36.4 Å². The highest BCUT2D eigenvalue weighted by Crippen LogP contribution is 2.26. The predicted octanol–water partition coefficient (Wildman–Crippen LogP) is 4.50. The summed E-state index contributed by atoms with van der Waals surface area (Å²) in [4.78, 5) is 2.37. The molecule has 1 aliphatic rings. The van der Waals surface area contributed by atoms with Crippen molar-refractivity contribution in [1.82, 2.24) is 10.2 Å². The molecule has 3 heteroatoms. The molecule has 0 radical (unpaired) electrons. The van der Waals surface area contributed by atoms with Crippen molar-refractivity contribution in [2.24, 2.45) is 11.8 Å². The second-order valence-electron chi connectivity index (χ2n) is 6.04. The van der Waals surface area contributed by atoms with Crippen molar-refractivity contribution in [3.05, 3.63) is 17.8 Å². The van der Waals surface area contributed by atoms with Crippen LogP contribution in [0.3, 0.4) is 0 Å². The van der Waals surface area contributed by atoms with Gasteiger partial charge in [0, 0.05) is 13.1 Å². The second kappa shape index (κ2) is 8.23. The van der Waals surface area contributed by atoms with E-state index in [1.54, 1.807) is 0 Å². The summed E-state index contributed by atoms with van der Waals surface area (Å²) in [7, 11) is 0. The number of aromatic nitrogens is 2. The van der Waals surface area contributed by atoms with Gasteiger partial charge in [0.15, 0.2) is 5.82 Å². The van der Waals surface area contributed by atoms with E-state index >= 15 is 0 Å². The van der Waals surface area contributed by atoms with Gasteiger partial charge in [-0.15, -0.1) is 5.10 Å². The average Bonchev–Trinajstić information content (AvgIpc) is 2.49. The quantitative estimate of drug-likeness (QED) is 0.814. The van der Waals surface area contributed by atoms with Gasteiger partial charge >= 0.3 is 0 Å². The summed E-state index contributed by atoms with van der Waals surface area (Å²) in [5, 5.41) is 8.69. The van der Waals surface area contributed by atoms with Crippen LogP contribution >= 0.6 is 0 Å². The van der Waals surface area contributed by atoms with Crippen LogP contribution in [0.4, 0.5) is 5.82 Å². The number of piperidine rings is 1. The lowest BCUT2D eigenvalue weighted by Crippen LogP contribution is -2.35. The Morgan fingerprint density at radius 3 is 2.00 bits per heavy atom. The highest BCUT2D eigenvalue weighted by Gasteiger charge is 2.22. The van der Waals surface area contributed by atoms with Crippen LogP contribution < -0.4 is 4.90 Å². The molecule has 0 spiro atoms. The van der Waals surface area contributed by atoms with Crippen molar-refractivity contribution in [1.29, 1.82) is 0 Å². The molecular weight excluding hydrogens is 246 g/mol. The first kappa shape index (κ1) is 16.9. The standard InChI is InChI=1S/C15H25N3.C2H6/c1-11(2)13-7-9-18(10-8-13)15-6-5-14(12(3)4)16-17-15;1-2/h5-6,11-13H,7-10H2,1-4H3;1-2H3. The van der Waals surface area contributed by atoms with Crippen LogP contribution in [0.25, 0.3) is 0 Å². The minimum absolute atomic E-state index is 0.457. The van der Waals surface area contributed by atoms with Crippen molar-refractivity contribution in [3.63, 3.8) is 0 Å². The van der Waals surface area contributed by atoms with E-state index in [2.05, 4.69) is 54.9 Å². The fourth-order valence-corrected chi connectivity index (χ4v) is 2.61. The highest BCUT2D eigenvalue weighted by atomic mass is 15.3. The third-order valence-corrected chi connectivity index (χ3v) is 4.07. The third-order valence-electron chi connectivity index (χ3n) is 4.07. The average molecular weight is 277 g/mol. The Morgan fingerprint density at radius 1 is 1.00 bits per heavy atom. The van der Waals surface area contributed by atoms with E-state index in [1.807, 2.05) is 13.8 Å². The van der Waals surface area contributed by atoms with Gasteiger partial charge in [0.05, 0.1) is 5.69 Å². The van der Waals surface area contributed by atoms with E-state index in [4.69, 9.17) is 0 Å². The molecule has 1 aromatic heterocycles. The van der Waals surface area contributed by atoms with Gasteiger partial charge < -0.3 is 4.90 Å². The Kier molecular flexibility index (Phi) is 6.97. The van der Waals surface area contributed by atoms with Gasteiger partial charge in [0.25, 0.3) is 0 Å². The molecule has 1 aromatic rings. The molecule has 0 aliphatic carbocycles. The lowest BCUT2D eigenvalue weighted by atomic mass is 9.87. The number of anilines is 1. The summed E-state index contributed by atoms with van der Waals surface area (Å²) < 4.78 is 0. The molecule has 0 atom stereocenters. The van der Waals surface area contributed by atoms with E-state index in [1.165, 1.54) is 12.8 Å². The van der Waals surface area contributed by atoms with Gasteiger partial charge in [0.2, 0.25) is 0 Å². The molecule has 0 N–H and O–H groups in total. The molecular formula is C17H31N3. The first-order chi connectivity index (χ1) is 9.58. The SMILES string of the molecule is CC.CC(C)c1ccc(N2CCC(C(C)C)CC2)nn1. The fourth-order valence-electron chi connectivity index (χ4n) is 2.61. The summed E-state index contributed by atoms with van der Waals surface area (Å²) in [6, 6.07) is 4.24. The number of hydrogen-bond donors (Lipinski definition) is 0. The lowest BCUT2D eigenvalue weighted by Gasteiger charge is -2.34. The van der Waals surface area contributed by atoms with Crippen LogP contribution in [0.1, 0.15) is 66.0 Å². The van der Waals surface area contributed by atoms with Crippen LogP contribution in [0.15, 0.2) is 12.1 Å². The molecule has 2 rings (SSSR count). The molecule has 0 unspecified atom stereocenters. The summed E-state index contributed by atoms with van der Waals surface area (Å²) in [5.41, 5.74) is 1.08. The molecule has 2 heterocycles. The van der Waals surface area contributed by atoms with E-state index in [0.29, 0.717) is 5.92 Å². The third kappa shape index (κ3) is 4.46. The van der Waals surface area contributed by atoms with E-state index in [9.17, 15) is 0 Å². The zero-order valence-corrected chi connectivity index (χ0v) is 14.1. The summed E-state index contributed by atoms with van der Waals surface area (Å²) in [5.74, 6) is 3.19. The van der Waals surface area contributed by atoms with Gasteiger partial charge in [-0.2, -0.15) is 5.10 Å². The van der Waals surface area contributed by atoms with Crippen molar-refractivity contribution >= 4 is 5.82 Å². The lowest BCUT2D eigenvalue weighted by molar-refractivity contribution is 0.310. The Morgan fingerprint density at radius 2 is 1.60 bits per heavy atom. The van der Waals surface area contributed by atoms with Crippen LogP contribution in [-0.2, 0) is 0 Å². The Bertz CT molecular complexity index is 362. The number of rotatable bonds is 3. The monoisotopic (exact) mass is 277 g/mol. The van der Waals surface area contributed by atoms with Crippen LogP contribution in [0.2, 0.25) is 0 Å². The molecule has 114 valence electrons. The van der Waals surface area contributed by atoms with E-state index < -0.39 is 0 Å². The topological polar surface area (TPSA) is 29.0 Å². The predicted molar refractivity (Wildman–Crippen MR) is 87.2 cm³/mol. The maximum atomic E-state index is 4.37. The van der Waals surface area contributed by atoms with Crippen molar-refractivity contribution in [2.75, 3.05) is 18.0 Å². The second-order valence-corrected chi connectivity index (χ2v) is 6.04. The molecule has 0 aromatic carbocycles. The minimum Gasteiger partial charge on any atom is -0.355 e. The largest absolute Gasteiger partial charge is 0.355 e. The summed E-state index contributed by atoms with van der Waals surface area (Å²) in [6.45, 7) is 15.2. The van der Waals surface area contributed by atoms with Crippen LogP contribution in [-0.4, -0.2) is 23.3 Å². The van der Waals surface area contributed by atoms with Crippen molar-refractivity contribution < 1.29 is 0 Å². The maximum absolute atomic E-state index is 4.37. The molecule has 3 nitrogen and oxygen atoms in total. The molecule has 1 fully saturated rings. The Balaban J connectivity index is 0.000000956. The molecule has 1 aliphatic heterocycles. The molecule has 0 bridgehead atoms. The smallest absolute Gasteiger partial charge is 0.151 e. The zero-order valence-electron chi connectivity index (χ0n) is 14.1. The van der Waals surface area contributed by atoms with Crippen LogP contribution in [0, 0.1) is 11.8 Å². The van der Waals surface area contributed by atoms with Gasteiger partial charge in [0.1, 0.15) is 0 Å². The number of nitrogens with zero attached hydrogens (tertiary/aromatic N) is 3. The van der Waals surface area contributed by atoms with Crippen molar-refractivity contribution in [3.8, 4) is 0 Å². The molecule has 0 amide bonds. The van der Waals surface area contributed by atoms with Crippen molar-refractivity contribution in [2.45, 2.75) is 60.3 Å². The normalized spacial score (nSPS) is 16.3. The van der Waals surface area contributed by atoms with Crippen LogP contribution in [0.5, 0.6) is 0 Å². The highest BCUT2D eigenvalue weighted by molar-refractivity contribution is 5.38. The maximum Gasteiger partial charge on any atom is 0.151 e. The molecule has 1 saturated heterocycles. The Labute approximate surface area is 124 Å². The van der Waals surface area contributed by atoms with E-state index in [-0.39, 0.29) is 0 Å². The molecule has 20 heavy (non-hydrogen) atoms. The first-order valence-electron chi connectivity index (χ1n) is 8.16. The minimum atomic E-state index is 0.457. The van der Waals surface area contributed by atoms with Gasteiger partial charge in [-0.1, -0.05) is 41.5 Å². The summed E-state index contributed by atoms with van der Waals surface area (Å²) in [6.07, 6.45) is 2.57. The first-order valence-corrected chi connectivity index (χ1v) is 8.16. The zero-order chi connectivity index (χ0) is 15.1. The fraction of sp³-hybridized carbons (Fsp3) is 0.765. The summed E-state index contributed by atoms with van der Waals surface area (Å²) >= 11 is 0. The number of hydrogen-bond acceptors (Lipinski definition) is 3. The van der Waals surface area contributed by atoms with Gasteiger partial charge in [-0.25, -0.2) is 0 Å². The Hall–Kier alpha value is -1.12. The molecule has 0 saturated carbocycles. The van der Waals surface area contributed by atoms with Gasteiger partial charge in [-0.05, 0) is 42.7 Å². The van der Waals surface area contributed by atoms with Gasteiger partial charge in [-0.3, -0.25) is 0 Å².